The van der Waals surface area contributed by atoms with Gasteiger partial charge in [-0.25, -0.2) is 9.38 Å². The first-order valence-electron chi connectivity index (χ1n) is 10.8. The summed E-state index contributed by atoms with van der Waals surface area (Å²) >= 11 is 1.47. The van der Waals surface area contributed by atoms with E-state index in [1.165, 1.54) is 42.7 Å². The van der Waals surface area contributed by atoms with Crippen molar-refractivity contribution in [2.75, 3.05) is 12.4 Å². The van der Waals surface area contributed by atoms with E-state index in [9.17, 15) is 14.4 Å². The zero-order valence-electron chi connectivity index (χ0n) is 18.4. The van der Waals surface area contributed by atoms with Crippen molar-refractivity contribution in [1.29, 1.82) is 5.26 Å². The summed E-state index contributed by atoms with van der Waals surface area (Å²) in [6.07, 6.45) is 3.90. The fraction of sp³-hybridized carbons (Fsp3) is 0.192. The number of rotatable bonds is 4. The lowest BCUT2D eigenvalue weighted by atomic mass is 9.96. The Balaban J connectivity index is 1.69. The van der Waals surface area contributed by atoms with Crippen molar-refractivity contribution in [3.63, 3.8) is 0 Å². The SMILES string of the molecule is COc1cccc2cc(C(=O)Nc3ccc(F)cc3)c(=Nc3sc4c(c3C#N)CCCC4)oc12. The molecule has 8 heteroatoms. The molecule has 4 aromatic rings. The van der Waals surface area contributed by atoms with Crippen LogP contribution in [0.3, 0.4) is 0 Å². The van der Waals surface area contributed by atoms with Crippen LogP contribution in [0.15, 0.2) is 57.9 Å². The predicted octanol–water partition coefficient (Wildman–Crippen LogP) is 5.88. The lowest BCUT2D eigenvalue weighted by Gasteiger charge is -2.09. The summed E-state index contributed by atoms with van der Waals surface area (Å²) in [5.74, 6) is -0.351. The Morgan fingerprint density at radius 2 is 2.00 bits per heavy atom. The third-order valence-electron chi connectivity index (χ3n) is 5.77. The highest BCUT2D eigenvalue weighted by atomic mass is 32.1. The van der Waals surface area contributed by atoms with E-state index in [1.807, 2.05) is 6.07 Å². The second-order valence-electron chi connectivity index (χ2n) is 7.92. The average Bonchev–Trinajstić information content (AvgIpc) is 3.21. The summed E-state index contributed by atoms with van der Waals surface area (Å²) in [5.41, 5.74) is 2.74. The molecule has 0 aliphatic heterocycles. The summed E-state index contributed by atoms with van der Waals surface area (Å²) in [4.78, 5) is 19.1. The number of carbonyl (C=O) groups excluding carboxylic acids is 1. The van der Waals surface area contributed by atoms with E-state index in [1.54, 1.807) is 18.2 Å². The van der Waals surface area contributed by atoms with Gasteiger partial charge in [-0.3, -0.25) is 4.79 Å². The molecule has 170 valence electrons. The molecular weight excluding hydrogens is 453 g/mol. The standard InChI is InChI=1S/C26H20FN3O3S/c1-32-21-7-4-5-15-13-19(24(31)29-17-11-9-16(27)10-12-17)25(33-23(15)21)30-26-20(14-28)18-6-2-3-8-22(18)34-26/h4-5,7,9-13H,2-3,6,8H2,1H3,(H,29,31). The number of nitrogens with one attached hydrogen (secondary N) is 1. The minimum absolute atomic E-state index is 0.0757. The van der Waals surface area contributed by atoms with Crippen molar-refractivity contribution < 1.29 is 18.3 Å². The van der Waals surface area contributed by atoms with Gasteiger partial charge in [-0.2, -0.15) is 5.26 Å². The third kappa shape index (κ3) is 4.06. The van der Waals surface area contributed by atoms with Crippen LogP contribution in [0.1, 0.15) is 39.2 Å². The second kappa shape index (κ2) is 9.12. The fourth-order valence-corrected chi connectivity index (χ4v) is 5.31. The monoisotopic (exact) mass is 473 g/mol. The molecule has 1 aliphatic carbocycles. The third-order valence-corrected chi connectivity index (χ3v) is 6.96. The molecule has 0 saturated heterocycles. The Hall–Kier alpha value is -3.96. The molecule has 2 aromatic carbocycles. The van der Waals surface area contributed by atoms with Crippen molar-refractivity contribution in [3.05, 3.63) is 81.5 Å². The first-order chi connectivity index (χ1) is 16.6. The van der Waals surface area contributed by atoms with Gasteiger partial charge in [0.05, 0.1) is 12.7 Å². The number of benzene rings is 2. The number of para-hydroxylation sites is 1. The topological polar surface area (TPSA) is 87.6 Å². The van der Waals surface area contributed by atoms with E-state index in [0.717, 1.165) is 36.1 Å². The maximum Gasteiger partial charge on any atom is 0.261 e. The first-order valence-corrected chi connectivity index (χ1v) is 11.7. The molecule has 5 rings (SSSR count). The van der Waals surface area contributed by atoms with E-state index in [4.69, 9.17) is 9.15 Å². The van der Waals surface area contributed by atoms with Crippen LogP contribution in [0.2, 0.25) is 0 Å². The van der Waals surface area contributed by atoms with Gasteiger partial charge in [-0.1, -0.05) is 12.1 Å². The van der Waals surface area contributed by atoms with Gasteiger partial charge in [0.1, 0.15) is 22.5 Å². The van der Waals surface area contributed by atoms with Gasteiger partial charge >= 0.3 is 0 Å². The van der Waals surface area contributed by atoms with E-state index < -0.39 is 11.7 Å². The summed E-state index contributed by atoms with van der Waals surface area (Å²) < 4.78 is 24.8. The first kappa shape index (κ1) is 21.9. The van der Waals surface area contributed by atoms with Crippen molar-refractivity contribution in [3.8, 4) is 11.8 Å². The summed E-state index contributed by atoms with van der Waals surface area (Å²) in [6, 6.07) is 14.8. The molecule has 1 N–H and O–H groups in total. The van der Waals surface area contributed by atoms with E-state index >= 15 is 0 Å². The number of nitrogens with zero attached hydrogens (tertiary/aromatic N) is 2. The Bertz CT molecular complexity index is 1510. The predicted molar refractivity (Wildman–Crippen MR) is 128 cm³/mol. The molecule has 2 heterocycles. The fourth-order valence-electron chi connectivity index (χ4n) is 4.10. The number of halogens is 1. The molecule has 34 heavy (non-hydrogen) atoms. The van der Waals surface area contributed by atoms with Crippen molar-refractivity contribution in [2.45, 2.75) is 25.7 Å². The van der Waals surface area contributed by atoms with E-state index in [2.05, 4.69) is 16.4 Å². The number of methoxy groups -OCH3 is 1. The number of amides is 1. The number of carbonyl (C=O) groups is 1. The minimum atomic E-state index is -0.460. The van der Waals surface area contributed by atoms with E-state index in [-0.39, 0.29) is 11.1 Å². The largest absolute Gasteiger partial charge is 0.493 e. The van der Waals surface area contributed by atoms with Gasteiger partial charge in [0.2, 0.25) is 5.55 Å². The molecule has 0 saturated carbocycles. The number of thiophene rings is 1. The van der Waals surface area contributed by atoms with Crippen molar-refractivity contribution in [2.24, 2.45) is 4.99 Å². The minimum Gasteiger partial charge on any atom is -0.493 e. The van der Waals surface area contributed by atoms with Crippen LogP contribution in [-0.2, 0) is 12.8 Å². The molecule has 2 aromatic heterocycles. The Labute approximate surface area is 198 Å². The number of ether oxygens (including phenoxy) is 1. The highest BCUT2D eigenvalue weighted by Crippen LogP contribution is 2.39. The van der Waals surface area contributed by atoms with Gasteiger partial charge in [-0.15, -0.1) is 11.3 Å². The van der Waals surface area contributed by atoms with Gasteiger partial charge in [0, 0.05) is 16.0 Å². The molecule has 0 atom stereocenters. The van der Waals surface area contributed by atoms with Crippen LogP contribution in [0, 0.1) is 17.1 Å². The molecule has 0 spiro atoms. The summed E-state index contributed by atoms with van der Waals surface area (Å²) in [6.45, 7) is 0. The molecule has 1 aliphatic rings. The average molecular weight is 474 g/mol. The molecule has 1 amide bonds. The Morgan fingerprint density at radius 1 is 1.21 bits per heavy atom. The highest BCUT2D eigenvalue weighted by Gasteiger charge is 2.22. The maximum absolute atomic E-state index is 13.3. The molecular formula is C26H20FN3O3S. The number of aryl methyl sites for hydroxylation is 1. The zero-order valence-corrected chi connectivity index (χ0v) is 19.2. The smallest absolute Gasteiger partial charge is 0.261 e. The highest BCUT2D eigenvalue weighted by molar-refractivity contribution is 7.16. The molecule has 6 nitrogen and oxygen atoms in total. The van der Waals surface area contributed by atoms with Crippen molar-refractivity contribution in [1.82, 2.24) is 0 Å². The van der Waals surface area contributed by atoms with Crippen molar-refractivity contribution >= 4 is 38.9 Å². The Kier molecular flexibility index (Phi) is 5.86. The number of hydrogen-bond donors (Lipinski definition) is 1. The van der Waals surface area contributed by atoms with Gasteiger partial charge < -0.3 is 14.5 Å². The molecule has 0 radical (unpaired) electrons. The summed E-state index contributed by atoms with van der Waals surface area (Å²) in [5, 5.41) is 13.8. The van der Waals surface area contributed by atoms with Crippen LogP contribution >= 0.6 is 11.3 Å². The Morgan fingerprint density at radius 3 is 2.76 bits per heavy atom. The lowest BCUT2D eigenvalue weighted by Crippen LogP contribution is -2.21. The van der Waals surface area contributed by atoms with Crippen LogP contribution in [0.4, 0.5) is 15.1 Å². The maximum atomic E-state index is 13.3. The summed E-state index contributed by atoms with van der Waals surface area (Å²) in [7, 11) is 1.54. The normalized spacial score (nSPS) is 13.4. The van der Waals surface area contributed by atoms with Gasteiger partial charge in [-0.05, 0) is 67.6 Å². The van der Waals surface area contributed by atoms with Crippen LogP contribution in [-0.4, -0.2) is 13.0 Å². The van der Waals surface area contributed by atoms with E-state index in [0.29, 0.717) is 33.0 Å². The van der Waals surface area contributed by atoms with Crippen LogP contribution in [0.25, 0.3) is 11.0 Å². The molecule has 0 unspecified atom stereocenters. The molecule has 0 bridgehead atoms. The number of fused-ring (bicyclic) bond motifs is 2. The number of hydrogen-bond acceptors (Lipinski definition) is 6. The van der Waals surface area contributed by atoms with Crippen LogP contribution in [0.5, 0.6) is 5.75 Å². The zero-order chi connectivity index (χ0) is 23.7. The second-order valence-corrected chi connectivity index (χ2v) is 9.00. The lowest BCUT2D eigenvalue weighted by molar-refractivity contribution is 0.102. The quantitative estimate of drug-likeness (QED) is 0.401. The van der Waals surface area contributed by atoms with Gasteiger partial charge in [0.15, 0.2) is 11.3 Å². The number of nitriles is 1. The van der Waals surface area contributed by atoms with Crippen LogP contribution < -0.4 is 15.6 Å². The number of anilines is 1. The van der Waals surface area contributed by atoms with Gasteiger partial charge in [0.25, 0.3) is 5.91 Å². The molecule has 0 fully saturated rings.